The maximum atomic E-state index is 12.7. The van der Waals surface area contributed by atoms with E-state index in [9.17, 15) is 14.9 Å². The van der Waals surface area contributed by atoms with Crippen molar-refractivity contribution < 1.29 is 9.72 Å². The lowest BCUT2D eigenvalue weighted by Crippen LogP contribution is -2.46. The van der Waals surface area contributed by atoms with Crippen LogP contribution >= 0.6 is 34.8 Å². The van der Waals surface area contributed by atoms with Gasteiger partial charge in [-0.05, 0) is 42.8 Å². The Morgan fingerprint density at radius 1 is 1.30 bits per heavy atom. The molecule has 8 nitrogen and oxygen atoms in total. The molecule has 1 aromatic carbocycles. The monoisotopic (exact) mass is 471 g/mol. The molecule has 0 fully saturated rings. The highest BCUT2D eigenvalue weighted by molar-refractivity contribution is 6.49. The molecule has 30 heavy (non-hydrogen) atoms. The minimum Gasteiger partial charge on any atom is -0.337 e. The molecule has 1 aromatic heterocycles. The van der Waals surface area contributed by atoms with Crippen molar-refractivity contribution >= 4 is 52.2 Å². The van der Waals surface area contributed by atoms with Crippen molar-refractivity contribution in [1.29, 1.82) is 0 Å². The van der Waals surface area contributed by atoms with E-state index in [4.69, 9.17) is 34.8 Å². The number of alkyl halides is 2. The minimum atomic E-state index is -1.49. The largest absolute Gasteiger partial charge is 0.337 e. The van der Waals surface area contributed by atoms with Gasteiger partial charge in [-0.25, -0.2) is 4.99 Å². The van der Waals surface area contributed by atoms with Crippen LogP contribution in [0.5, 0.6) is 0 Å². The summed E-state index contributed by atoms with van der Waals surface area (Å²) < 4.78 is -1.49. The summed E-state index contributed by atoms with van der Waals surface area (Å²) in [5.74, 6) is -0.528. The topological polar surface area (TPSA) is 110 Å². The number of nitrogens with one attached hydrogen (secondary N) is 2. The second-order valence-electron chi connectivity index (χ2n) is 6.33. The highest BCUT2D eigenvalue weighted by Crippen LogP contribution is 2.32. The average Bonchev–Trinajstić information content (AvgIpc) is 2.68. The number of anilines is 1. The summed E-state index contributed by atoms with van der Waals surface area (Å²) in [6.45, 7) is 1.24. The number of amides is 1. The second-order valence-corrected chi connectivity index (χ2v) is 8.31. The van der Waals surface area contributed by atoms with Crippen molar-refractivity contribution in [3.05, 3.63) is 69.5 Å². The number of benzene rings is 1. The highest BCUT2D eigenvalue weighted by Gasteiger charge is 2.36. The molecule has 0 bridgehead atoms. The molecule has 1 unspecified atom stereocenters. The first-order valence-corrected chi connectivity index (χ1v) is 10.1. The number of halogens is 3. The van der Waals surface area contributed by atoms with Crippen molar-refractivity contribution in [3.8, 4) is 0 Å². The number of pyridine rings is 1. The van der Waals surface area contributed by atoms with Gasteiger partial charge < -0.3 is 10.6 Å². The Labute approximate surface area is 188 Å². The number of amidine groups is 1. The number of hydrogen-bond donors (Lipinski definition) is 2. The summed E-state index contributed by atoms with van der Waals surface area (Å²) in [6, 6.07) is 9.54. The van der Waals surface area contributed by atoms with Crippen molar-refractivity contribution in [2.24, 2.45) is 4.99 Å². The van der Waals surface area contributed by atoms with Gasteiger partial charge in [-0.2, -0.15) is 0 Å². The average molecular weight is 473 g/mol. The molecular weight excluding hydrogens is 453 g/mol. The Balaban J connectivity index is 2.35. The van der Waals surface area contributed by atoms with Crippen LogP contribution in [0.3, 0.4) is 0 Å². The Bertz CT molecular complexity index is 892. The summed E-state index contributed by atoms with van der Waals surface area (Å²) >= 11 is 18.8. The van der Waals surface area contributed by atoms with Gasteiger partial charge in [0.25, 0.3) is 12.5 Å². The standard InChI is InChI=1S/C19H20Cl3N5O3/c1-2-9-19(21,22)18(26-17(28)13-5-7-14(20)8-6-13)25-16(12-27(29)30)24-15-4-3-10-23-11-15/h3-8,10-11,18H,2,9,12H2,1H3,(H,24,25)(H,26,28). The maximum Gasteiger partial charge on any atom is 0.260 e. The Hall–Kier alpha value is -2.42. The Morgan fingerprint density at radius 3 is 2.57 bits per heavy atom. The Morgan fingerprint density at radius 2 is 2.00 bits per heavy atom. The number of hydrogen-bond acceptors (Lipinski definition) is 5. The minimum absolute atomic E-state index is 0.0313. The van der Waals surface area contributed by atoms with E-state index >= 15 is 0 Å². The summed E-state index contributed by atoms with van der Waals surface area (Å²) in [5, 5.41) is 17.1. The second kappa shape index (κ2) is 11.1. The summed E-state index contributed by atoms with van der Waals surface area (Å²) in [4.78, 5) is 31.5. The fourth-order valence-corrected chi connectivity index (χ4v) is 3.22. The third-order valence-electron chi connectivity index (χ3n) is 3.87. The number of carbonyl (C=O) groups excluding carboxylic acids is 1. The van der Waals surface area contributed by atoms with Crippen molar-refractivity contribution in [2.75, 3.05) is 11.9 Å². The number of carbonyl (C=O) groups is 1. The molecule has 0 spiro atoms. The highest BCUT2D eigenvalue weighted by atomic mass is 35.5. The van der Waals surface area contributed by atoms with E-state index in [0.29, 0.717) is 29.1 Å². The van der Waals surface area contributed by atoms with E-state index in [0.717, 1.165) is 0 Å². The van der Waals surface area contributed by atoms with E-state index in [2.05, 4.69) is 20.6 Å². The lowest BCUT2D eigenvalue weighted by Gasteiger charge is -2.28. The predicted molar refractivity (Wildman–Crippen MR) is 119 cm³/mol. The summed E-state index contributed by atoms with van der Waals surface area (Å²) in [5.41, 5.74) is 0.808. The lowest BCUT2D eigenvalue weighted by molar-refractivity contribution is -0.463. The molecule has 2 rings (SSSR count). The molecule has 160 valence electrons. The summed E-state index contributed by atoms with van der Waals surface area (Å²) in [6.07, 6.45) is 2.80. The lowest BCUT2D eigenvalue weighted by atomic mass is 10.1. The van der Waals surface area contributed by atoms with E-state index in [1.54, 1.807) is 30.5 Å². The van der Waals surface area contributed by atoms with Gasteiger partial charge in [0.2, 0.25) is 0 Å². The molecule has 0 aliphatic heterocycles. The van der Waals surface area contributed by atoms with Crippen molar-refractivity contribution in [1.82, 2.24) is 10.3 Å². The third kappa shape index (κ3) is 7.44. The quantitative estimate of drug-likeness (QED) is 0.183. The molecular formula is C19H20Cl3N5O3. The first-order chi connectivity index (χ1) is 14.2. The van der Waals surface area contributed by atoms with Gasteiger partial charge in [0.15, 0.2) is 16.3 Å². The van der Waals surface area contributed by atoms with Crippen LogP contribution in [0.2, 0.25) is 5.02 Å². The molecule has 11 heteroatoms. The predicted octanol–water partition coefficient (Wildman–Crippen LogP) is 4.55. The first-order valence-electron chi connectivity index (χ1n) is 9.01. The van der Waals surface area contributed by atoms with Gasteiger partial charge in [0.05, 0.1) is 11.9 Å². The van der Waals surface area contributed by atoms with Crippen LogP contribution in [-0.4, -0.2) is 38.7 Å². The van der Waals surface area contributed by atoms with E-state index in [1.807, 2.05) is 6.92 Å². The van der Waals surface area contributed by atoms with Crippen LogP contribution in [0.25, 0.3) is 0 Å². The van der Waals surface area contributed by atoms with Crippen LogP contribution in [0, 0.1) is 10.1 Å². The zero-order chi connectivity index (χ0) is 22.1. The smallest absolute Gasteiger partial charge is 0.260 e. The number of nitro groups is 1. The molecule has 0 aliphatic carbocycles. The van der Waals surface area contributed by atoms with E-state index < -0.39 is 27.9 Å². The van der Waals surface area contributed by atoms with Crippen molar-refractivity contribution in [3.63, 3.8) is 0 Å². The molecule has 0 aliphatic rings. The van der Waals surface area contributed by atoms with Crippen LogP contribution in [0.1, 0.15) is 30.1 Å². The molecule has 2 aromatic rings. The molecule has 1 heterocycles. The van der Waals surface area contributed by atoms with Crippen LogP contribution in [-0.2, 0) is 0 Å². The number of nitrogens with zero attached hydrogens (tertiary/aromatic N) is 3. The fraction of sp³-hybridized carbons (Fsp3) is 0.316. The molecule has 2 N–H and O–H groups in total. The zero-order valence-corrected chi connectivity index (χ0v) is 18.3. The van der Waals surface area contributed by atoms with Crippen LogP contribution < -0.4 is 10.6 Å². The molecule has 1 amide bonds. The number of aliphatic imine (C=N–C) groups is 1. The van der Waals surface area contributed by atoms with E-state index in [-0.39, 0.29) is 5.84 Å². The molecule has 0 saturated heterocycles. The van der Waals surface area contributed by atoms with Gasteiger partial charge in [0, 0.05) is 21.7 Å². The fourth-order valence-electron chi connectivity index (χ4n) is 2.51. The van der Waals surface area contributed by atoms with Crippen LogP contribution in [0.4, 0.5) is 5.69 Å². The third-order valence-corrected chi connectivity index (χ3v) is 4.91. The normalized spacial score (nSPS) is 12.9. The zero-order valence-electron chi connectivity index (χ0n) is 16.0. The van der Waals surface area contributed by atoms with Crippen LogP contribution in [0.15, 0.2) is 53.8 Å². The van der Waals surface area contributed by atoms with E-state index in [1.165, 1.54) is 18.3 Å². The van der Waals surface area contributed by atoms with Crippen molar-refractivity contribution in [2.45, 2.75) is 30.3 Å². The molecule has 0 saturated carbocycles. The van der Waals surface area contributed by atoms with Gasteiger partial charge in [-0.15, -0.1) is 0 Å². The Kier molecular flexibility index (Phi) is 8.83. The molecule has 0 radical (unpaired) electrons. The molecule has 1 atom stereocenters. The van der Waals surface area contributed by atoms with Gasteiger partial charge in [-0.3, -0.25) is 19.9 Å². The first kappa shape index (κ1) is 23.9. The van der Waals surface area contributed by atoms with Gasteiger partial charge in [-0.1, -0.05) is 48.1 Å². The maximum absolute atomic E-state index is 12.7. The summed E-state index contributed by atoms with van der Waals surface area (Å²) in [7, 11) is 0. The van der Waals surface area contributed by atoms with Gasteiger partial charge in [0.1, 0.15) is 0 Å². The van der Waals surface area contributed by atoms with Gasteiger partial charge >= 0.3 is 0 Å². The number of rotatable bonds is 9. The number of aromatic nitrogens is 1. The SMILES string of the molecule is CCCC(Cl)(Cl)C(N=C(C[N+](=O)[O-])Nc1cccnc1)NC(=O)c1ccc(Cl)cc1.